The molecule has 0 saturated carbocycles. The Kier molecular flexibility index (Phi) is 2.25. The van der Waals surface area contributed by atoms with Gasteiger partial charge < -0.3 is 10.4 Å². The summed E-state index contributed by atoms with van der Waals surface area (Å²) in [6, 6.07) is 0. The summed E-state index contributed by atoms with van der Waals surface area (Å²) in [7, 11) is 0. The lowest BCUT2D eigenvalue weighted by molar-refractivity contribution is -0.141. The summed E-state index contributed by atoms with van der Waals surface area (Å²) in [6.45, 7) is 3.18. The lowest BCUT2D eigenvalue weighted by atomic mass is 9.89. The number of nitrogens with zero attached hydrogens (tertiary/aromatic N) is 1. The van der Waals surface area contributed by atoms with Gasteiger partial charge in [0.1, 0.15) is 0 Å². The lowest BCUT2D eigenvalue weighted by Gasteiger charge is -2.13. The van der Waals surface area contributed by atoms with Crippen molar-refractivity contribution >= 4 is 5.97 Å². The topological polar surface area (TPSA) is 78.0 Å². The first-order chi connectivity index (χ1) is 6.70. The zero-order valence-electron chi connectivity index (χ0n) is 7.95. The Morgan fingerprint density at radius 1 is 1.64 bits per heavy atom. The predicted octanol–water partition coefficient (Wildman–Crippen LogP) is 0.106. The number of aryl methyl sites for hydroxylation is 1. The van der Waals surface area contributed by atoms with Crippen LogP contribution in [0.3, 0.4) is 0 Å². The molecule has 0 bridgehead atoms. The van der Waals surface area contributed by atoms with Crippen LogP contribution in [-0.4, -0.2) is 34.4 Å². The summed E-state index contributed by atoms with van der Waals surface area (Å²) in [5.74, 6) is -1.02. The van der Waals surface area contributed by atoms with E-state index < -0.39 is 5.97 Å². The smallest absolute Gasteiger partial charge is 0.308 e. The highest BCUT2D eigenvalue weighted by molar-refractivity contribution is 5.72. The van der Waals surface area contributed by atoms with E-state index in [2.05, 4.69) is 15.5 Å². The van der Waals surface area contributed by atoms with Gasteiger partial charge in [-0.25, -0.2) is 0 Å². The second kappa shape index (κ2) is 3.42. The Morgan fingerprint density at radius 2 is 2.43 bits per heavy atom. The van der Waals surface area contributed by atoms with Gasteiger partial charge in [-0.1, -0.05) is 0 Å². The molecule has 1 fully saturated rings. The molecule has 14 heavy (non-hydrogen) atoms. The van der Waals surface area contributed by atoms with Gasteiger partial charge in [0, 0.05) is 24.7 Å². The van der Waals surface area contributed by atoms with Crippen molar-refractivity contribution in [2.24, 2.45) is 5.92 Å². The van der Waals surface area contributed by atoms with E-state index in [1.165, 1.54) is 0 Å². The molecule has 1 aromatic heterocycles. The Bertz CT molecular complexity index is 348. The van der Waals surface area contributed by atoms with Crippen molar-refractivity contribution in [1.29, 1.82) is 0 Å². The number of nitrogens with one attached hydrogen (secondary N) is 2. The SMILES string of the molecule is Cc1[nH]ncc1C1CNCC1C(=O)O. The van der Waals surface area contributed by atoms with Crippen molar-refractivity contribution in [3.8, 4) is 0 Å². The molecule has 2 unspecified atom stereocenters. The van der Waals surface area contributed by atoms with Crippen LogP contribution in [0, 0.1) is 12.8 Å². The van der Waals surface area contributed by atoms with Crippen LogP contribution in [-0.2, 0) is 4.79 Å². The molecule has 1 aromatic rings. The number of carbonyl (C=O) groups is 1. The first-order valence-corrected chi connectivity index (χ1v) is 4.63. The molecule has 3 N–H and O–H groups in total. The molecule has 1 aliphatic rings. The minimum absolute atomic E-state index is 0.0475. The van der Waals surface area contributed by atoms with Crippen molar-refractivity contribution < 1.29 is 9.90 Å². The van der Waals surface area contributed by atoms with Gasteiger partial charge in [0.05, 0.1) is 12.1 Å². The van der Waals surface area contributed by atoms with E-state index in [-0.39, 0.29) is 11.8 Å². The first kappa shape index (κ1) is 9.21. The zero-order chi connectivity index (χ0) is 10.1. The molecule has 2 heterocycles. The van der Waals surface area contributed by atoms with Crippen molar-refractivity contribution in [2.45, 2.75) is 12.8 Å². The number of carboxylic acids is 1. The van der Waals surface area contributed by atoms with Crippen LogP contribution < -0.4 is 5.32 Å². The molecule has 0 amide bonds. The highest BCUT2D eigenvalue weighted by Gasteiger charge is 2.35. The van der Waals surface area contributed by atoms with Crippen molar-refractivity contribution in [2.75, 3.05) is 13.1 Å². The number of rotatable bonds is 2. The average molecular weight is 195 g/mol. The van der Waals surface area contributed by atoms with E-state index in [4.69, 9.17) is 5.11 Å². The minimum atomic E-state index is -0.736. The van der Waals surface area contributed by atoms with Crippen LogP contribution in [0.1, 0.15) is 17.2 Å². The second-order valence-corrected chi connectivity index (χ2v) is 3.66. The summed E-state index contributed by atoms with van der Waals surface area (Å²) in [5, 5.41) is 18.8. The Hall–Kier alpha value is -1.36. The molecule has 0 spiro atoms. The van der Waals surface area contributed by atoms with E-state index in [9.17, 15) is 4.79 Å². The average Bonchev–Trinajstić information content (AvgIpc) is 2.70. The van der Waals surface area contributed by atoms with Crippen LogP contribution in [0.2, 0.25) is 0 Å². The van der Waals surface area contributed by atoms with Gasteiger partial charge in [-0.3, -0.25) is 9.89 Å². The maximum atomic E-state index is 10.9. The van der Waals surface area contributed by atoms with Gasteiger partial charge in [0.15, 0.2) is 0 Å². The standard InChI is InChI=1S/C9H13N3O2/c1-5-6(4-11-12-5)7-2-10-3-8(7)9(13)14/h4,7-8,10H,2-3H2,1H3,(H,11,12)(H,13,14). The third kappa shape index (κ3) is 1.39. The van der Waals surface area contributed by atoms with Crippen LogP contribution in [0.5, 0.6) is 0 Å². The fourth-order valence-electron chi connectivity index (χ4n) is 2.00. The largest absolute Gasteiger partial charge is 0.481 e. The summed E-state index contributed by atoms with van der Waals surface area (Å²) >= 11 is 0. The second-order valence-electron chi connectivity index (χ2n) is 3.66. The molecule has 1 saturated heterocycles. The van der Waals surface area contributed by atoms with Gasteiger partial charge in [0.25, 0.3) is 0 Å². The Morgan fingerprint density at radius 3 is 3.00 bits per heavy atom. The molecule has 1 aliphatic heterocycles. The highest BCUT2D eigenvalue weighted by Crippen LogP contribution is 2.29. The molecule has 0 radical (unpaired) electrons. The number of aromatic amines is 1. The lowest BCUT2D eigenvalue weighted by Crippen LogP contribution is -2.21. The molecular weight excluding hydrogens is 182 g/mol. The van der Waals surface area contributed by atoms with Crippen LogP contribution in [0.4, 0.5) is 0 Å². The quantitative estimate of drug-likeness (QED) is 0.625. The number of H-pyrrole nitrogens is 1. The molecule has 5 heteroatoms. The Labute approximate surface area is 81.5 Å². The minimum Gasteiger partial charge on any atom is -0.481 e. The van der Waals surface area contributed by atoms with E-state index in [1.807, 2.05) is 6.92 Å². The highest BCUT2D eigenvalue weighted by atomic mass is 16.4. The molecule has 0 aliphatic carbocycles. The fourth-order valence-corrected chi connectivity index (χ4v) is 2.00. The molecule has 2 atom stereocenters. The predicted molar refractivity (Wildman–Crippen MR) is 50.1 cm³/mol. The summed E-state index contributed by atoms with van der Waals surface area (Å²) < 4.78 is 0. The van der Waals surface area contributed by atoms with E-state index >= 15 is 0 Å². The van der Waals surface area contributed by atoms with Crippen LogP contribution >= 0.6 is 0 Å². The molecule has 2 rings (SSSR count). The maximum Gasteiger partial charge on any atom is 0.308 e. The molecule has 0 aromatic carbocycles. The first-order valence-electron chi connectivity index (χ1n) is 4.63. The monoisotopic (exact) mass is 195 g/mol. The summed E-state index contributed by atoms with van der Waals surface area (Å²) in [6.07, 6.45) is 1.73. The molecular formula is C9H13N3O2. The van der Waals surface area contributed by atoms with Crippen molar-refractivity contribution in [3.63, 3.8) is 0 Å². The summed E-state index contributed by atoms with van der Waals surface area (Å²) in [5.41, 5.74) is 1.98. The van der Waals surface area contributed by atoms with Gasteiger partial charge in [0.2, 0.25) is 0 Å². The van der Waals surface area contributed by atoms with E-state index in [0.717, 1.165) is 17.8 Å². The summed E-state index contributed by atoms with van der Waals surface area (Å²) in [4.78, 5) is 10.9. The number of hydrogen-bond acceptors (Lipinski definition) is 3. The van der Waals surface area contributed by atoms with Gasteiger partial charge in [-0.05, 0) is 12.5 Å². The van der Waals surface area contributed by atoms with E-state index in [0.29, 0.717) is 6.54 Å². The third-order valence-electron chi connectivity index (χ3n) is 2.80. The van der Waals surface area contributed by atoms with Crippen molar-refractivity contribution in [3.05, 3.63) is 17.5 Å². The van der Waals surface area contributed by atoms with Gasteiger partial charge in [-0.2, -0.15) is 5.10 Å². The maximum absolute atomic E-state index is 10.9. The zero-order valence-corrected chi connectivity index (χ0v) is 7.95. The molecule has 76 valence electrons. The number of hydrogen-bond donors (Lipinski definition) is 3. The number of aliphatic carboxylic acids is 1. The van der Waals surface area contributed by atoms with Crippen LogP contribution in [0.25, 0.3) is 0 Å². The van der Waals surface area contributed by atoms with Crippen molar-refractivity contribution in [1.82, 2.24) is 15.5 Å². The van der Waals surface area contributed by atoms with Gasteiger partial charge in [-0.15, -0.1) is 0 Å². The van der Waals surface area contributed by atoms with Gasteiger partial charge >= 0.3 is 5.97 Å². The normalized spacial score (nSPS) is 26.6. The number of carboxylic acid groups (broad SMARTS) is 1. The molecule has 5 nitrogen and oxygen atoms in total. The number of aromatic nitrogens is 2. The third-order valence-corrected chi connectivity index (χ3v) is 2.80. The van der Waals surface area contributed by atoms with E-state index in [1.54, 1.807) is 6.20 Å². The van der Waals surface area contributed by atoms with Crippen LogP contribution in [0.15, 0.2) is 6.20 Å². The fraction of sp³-hybridized carbons (Fsp3) is 0.556. The Balaban J connectivity index is 2.26.